The number of aliphatic hydroxyl groups excluding tert-OH is 1. The van der Waals surface area contributed by atoms with E-state index in [0.717, 1.165) is 30.3 Å². The number of nitro groups is 1. The molecule has 24 nitrogen and oxygen atoms in total. The molecule has 4 aromatic rings. The van der Waals surface area contributed by atoms with Crippen molar-refractivity contribution in [2.75, 3.05) is 41.2 Å². The number of halogens is 2. The van der Waals surface area contributed by atoms with Crippen LogP contribution in [0.1, 0.15) is 67.3 Å². The summed E-state index contributed by atoms with van der Waals surface area (Å²) in [6.07, 6.45) is -1.76. The van der Waals surface area contributed by atoms with Crippen LogP contribution in [-0.2, 0) is 34.0 Å². The van der Waals surface area contributed by atoms with Crippen molar-refractivity contribution in [1.29, 1.82) is 0 Å². The molecule has 5 atom stereocenters. The molecule has 5 amide bonds. The number of hydrogen-bond acceptors (Lipinski definition) is 18. The quantitative estimate of drug-likeness (QED) is 0.0341. The molecule has 5 rings (SSSR count). The minimum absolute atomic E-state index is 0.0449. The molecule has 2 bridgehead atoms. The number of fused-ring (bicyclic) bond motifs is 4. The van der Waals surface area contributed by atoms with Gasteiger partial charge in [0, 0.05) is 41.9 Å². The number of carbonyl (C=O) groups is 5. The van der Waals surface area contributed by atoms with Gasteiger partial charge in [0.1, 0.15) is 65.5 Å². The number of carbonyl (C=O) groups excluding carboxylic acids is 5. The molecule has 392 valence electrons. The molecule has 1 aliphatic rings. The van der Waals surface area contributed by atoms with Crippen molar-refractivity contribution >= 4 is 57.1 Å². The van der Waals surface area contributed by atoms with Gasteiger partial charge in [0.25, 0.3) is 0 Å². The van der Waals surface area contributed by atoms with Crippen molar-refractivity contribution < 1.29 is 84.9 Å². The van der Waals surface area contributed by atoms with Gasteiger partial charge in [-0.1, -0.05) is 24.3 Å². The van der Waals surface area contributed by atoms with E-state index in [1.807, 2.05) is 0 Å². The van der Waals surface area contributed by atoms with Crippen molar-refractivity contribution in [2.24, 2.45) is 0 Å². The fourth-order valence-electron chi connectivity index (χ4n) is 7.39. The maximum absolute atomic E-state index is 15.0. The highest BCUT2D eigenvalue weighted by Crippen LogP contribution is 2.47. The summed E-state index contributed by atoms with van der Waals surface area (Å²) in [5.41, 5.74) is -4.24. The van der Waals surface area contributed by atoms with Crippen LogP contribution < -0.4 is 49.7 Å². The molecule has 0 radical (unpaired) electrons. The molecule has 0 unspecified atom stereocenters. The zero-order valence-corrected chi connectivity index (χ0v) is 41.6. The lowest BCUT2D eigenvalue weighted by atomic mass is 9.88. The maximum Gasteiger partial charge on any atom is 0.408 e. The second-order valence-electron chi connectivity index (χ2n) is 16.8. The van der Waals surface area contributed by atoms with Crippen LogP contribution in [0, 0.1) is 15.9 Å². The third-order valence-electron chi connectivity index (χ3n) is 10.5. The molecule has 0 saturated carbocycles. The van der Waals surface area contributed by atoms with E-state index in [2.05, 4.69) is 33.2 Å². The Morgan fingerprint density at radius 1 is 0.932 bits per heavy atom. The molecule has 0 aliphatic carbocycles. The molecule has 8 N–H and O–H groups in total. The van der Waals surface area contributed by atoms with Crippen molar-refractivity contribution in [3.05, 3.63) is 104 Å². The van der Waals surface area contributed by atoms with Gasteiger partial charge in [-0.3, -0.25) is 29.3 Å². The topological polar surface area (TPSA) is 339 Å². The number of amides is 5. The highest BCUT2D eigenvalue weighted by atomic mass is 35.5. The zero-order valence-electron chi connectivity index (χ0n) is 40.1. The summed E-state index contributed by atoms with van der Waals surface area (Å²) < 4.78 is 72.5. The number of nitrogens with one attached hydrogen (secondary N) is 5. The second-order valence-corrected chi connectivity index (χ2v) is 18.7. The zero-order chi connectivity index (χ0) is 54.4. The lowest BCUT2D eigenvalue weighted by Gasteiger charge is -2.31. The molecule has 0 fully saturated rings. The number of hydrogen-bond donors (Lipinski definition) is 8. The average molecular weight is 1060 g/mol. The summed E-state index contributed by atoms with van der Waals surface area (Å²) in [5, 5.41) is 57.7. The van der Waals surface area contributed by atoms with E-state index in [9.17, 15) is 57.4 Å². The van der Waals surface area contributed by atoms with Crippen LogP contribution in [0.25, 0.3) is 11.1 Å². The fraction of sp³-hybridized carbons (Fsp3) is 0.326. The van der Waals surface area contributed by atoms with Crippen molar-refractivity contribution in [3.8, 4) is 51.4 Å². The lowest BCUT2D eigenvalue weighted by molar-refractivity contribution is -0.387. The number of ether oxygens (including phenoxy) is 5. The van der Waals surface area contributed by atoms with Crippen LogP contribution >= 0.6 is 11.6 Å². The largest absolute Gasteiger partial charge is 0.507 e. The van der Waals surface area contributed by atoms with Gasteiger partial charge in [-0.15, -0.1) is 0 Å². The van der Waals surface area contributed by atoms with E-state index in [4.69, 9.17) is 39.5 Å². The van der Waals surface area contributed by atoms with Crippen molar-refractivity contribution in [1.82, 2.24) is 26.6 Å². The summed E-state index contributed by atoms with van der Waals surface area (Å²) in [6, 6.07) is -0.623. The molecule has 0 saturated heterocycles. The van der Waals surface area contributed by atoms with E-state index in [-0.39, 0.29) is 40.5 Å². The third kappa shape index (κ3) is 12.9. The minimum Gasteiger partial charge on any atom is -0.507 e. The fourth-order valence-corrected chi connectivity index (χ4v) is 8.06. The van der Waals surface area contributed by atoms with Crippen LogP contribution in [-0.4, -0.2) is 111 Å². The standard InChI is InChI=1S/C46H50ClFN6O18S/c1-10-11-70-40-29(56)14-20(15-32(40)72-73(9,65)66)35(53-45(62)71-46(2,3)4)42(59)50-36-23-18-24(30(68-7)19-28(23)55)33-25(16-22(67-6)17-31(33)69-8)37(41(58)49-5)51-44(61)38(52-43(36)60)39(57)21-12-26(47)34(48)27(13-21)54(63)64/h10,12-19,35-39,55-57H,1,11H2,2-9H3,(H,49,58)(H,50,59)(H,51,61)(H,52,60)(H,53,62)/t35-,36-,37+,38+,39-/m1/s1. The number of aromatic hydroxyl groups is 2. The van der Waals surface area contributed by atoms with E-state index in [1.165, 1.54) is 67.4 Å². The number of aliphatic hydroxyl groups is 1. The Hall–Kier alpha value is -8.10. The first-order chi connectivity index (χ1) is 34.2. The third-order valence-corrected chi connectivity index (χ3v) is 11.3. The Bertz CT molecular complexity index is 2990. The first-order valence-electron chi connectivity index (χ1n) is 21.3. The highest BCUT2D eigenvalue weighted by molar-refractivity contribution is 7.86. The number of nitro benzene ring substituents is 1. The predicted molar refractivity (Wildman–Crippen MR) is 255 cm³/mol. The van der Waals surface area contributed by atoms with E-state index < -0.39 is 137 Å². The van der Waals surface area contributed by atoms with E-state index >= 15 is 4.79 Å². The minimum atomic E-state index is -4.40. The van der Waals surface area contributed by atoms with Crippen LogP contribution in [0.15, 0.2) is 61.2 Å². The van der Waals surface area contributed by atoms with Crippen LogP contribution in [0.3, 0.4) is 0 Å². The lowest BCUT2D eigenvalue weighted by Crippen LogP contribution is -2.55. The summed E-state index contributed by atoms with van der Waals surface area (Å²) >= 11 is 6.00. The van der Waals surface area contributed by atoms with Gasteiger partial charge < -0.3 is 69.8 Å². The van der Waals surface area contributed by atoms with Crippen molar-refractivity contribution in [2.45, 2.75) is 56.6 Å². The molecule has 1 heterocycles. The maximum atomic E-state index is 15.0. The van der Waals surface area contributed by atoms with Crippen LogP contribution in [0.5, 0.6) is 40.2 Å². The van der Waals surface area contributed by atoms with Crippen molar-refractivity contribution in [3.63, 3.8) is 0 Å². The Labute approximate surface area is 421 Å². The summed E-state index contributed by atoms with van der Waals surface area (Å²) in [7, 11) is 0.544. The van der Waals surface area contributed by atoms with Gasteiger partial charge in [-0.2, -0.15) is 12.8 Å². The summed E-state index contributed by atoms with van der Waals surface area (Å²) in [6.45, 7) is 7.67. The van der Waals surface area contributed by atoms with Gasteiger partial charge in [-0.05, 0) is 67.8 Å². The molecule has 4 aromatic carbocycles. The number of methoxy groups -OCH3 is 3. The Morgan fingerprint density at radius 2 is 1.60 bits per heavy atom. The predicted octanol–water partition coefficient (Wildman–Crippen LogP) is 3.95. The molecule has 0 aromatic heterocycles. The van der Waals surface area contributed by atoms with E-state index in [0.29, 0.717) is 12.3 Å². The highest BCUT2D eigenvalue weighted by Gasteiger charge is 2.41. The molecule has 1 aliphatic heterocycles. The molecule has 73 heavy (non-hydrogen) atoms. The Morgan fingerprint density at radius 3 is 2.18 bits per heavy atom. The van der Waals surface area contributed by atoms with Crippen LogP contribution in [0.2, 0.25) is 5.02 Å². The van der Waals surface area contributed by atoms with Gasteiger partial charge >= 0.3 is 21.9 Å². The molecular weight excluding hydrogens is 1010 g/mol. The number of phenols is 2. The number of phenolic OH excluding ortho intramolecular Hbond substituents is 2. The average Bonchev–Trinajstić information content (AvgIpc) is 3.31. The number of likely N-dealkylation sites (N-methyl/N-ethyl adjacent to an activating group) is 1. The number of alkyl carbamates (subject to hydrolysis) is 1. The Kier molecular flexibility index (Phi) is 17.2. The SMILES string of the molecule is C=CCOc1c(O)cc([C@@H](NC(=O)OC(C)(C)C)C(=O)N[C@H]2C(=O)N[C@@H]([C@H](O)c3cc(Cl)c(F)c([N+](=O)[O-])c3)C(=O)N[C@H](C(=O)NC)c3cc(OC)cc(OC)c3-c3cc2c(O)cc3OC)cc1OS(C)(=O)=O. The smallest absolute Gasteiger partial charge is 0.408 e. The summed E-state index contributed by atoms with van der Waals surface area (Å²) in [5.74, 6) is -9.66. The van der Waals surface area contributed by atoms with Gasteiger partial charge in [0.15, 0.2) is 11.5 Å². The Balaban J connectivity index is 1.86. The number of benzene rings is 4. The molecular formula is C46H50ClFN6O18S. The first kappa shape index (κ1) is 55.8. The van der Waals surface area contributed by atoms with Gasteiger partial charge in [-0.25, -0.2) is 4.79 Å². The van der Waals surface area contributed by atoms with Gasteiger partial charge in [0.2, 0.25) is 35.2 Å². The monoisotopic (exact) mass is 1060 g/mol. The molecule has 27 heteroatoms. The molecule has 0 spiro atoms. The number of rotatable bonds is 16. The number of nitrogens with zero attached hydrogens (tertiary/aromatic N) is 1. The normalized spacial score (nSPS) is 16.5. The van der Waals surface area contributed by atoms with Crippen LogP contribution in [0.4, 0.5) is 14.9 Å². The van der Waals surface area contributed by atoms with Gasteiger partial charge in [0.05, 0.1) is 37.5 Å². The van der Waals surface area contributed by atoms with E-state index in [1.54, 1.807) is 0 Å². The summed E-state index contributed by atoms with van der Waals surface area (Å²) in [4.78, 5) is 82.8. The first-order valence-corrected chi connectivity index (χ1v) is 23.5. The second kappa shape index (κ2) is 22.5.